The maximum atomic E-state index is 10.5. The monoisotopic (exact) mass is 410 g/mol. The Morgan fingerprint density at radius 1 is 0.966 bits per heavy atom. The molecule has 2 rings (SSSR count). The Labute approximate surface area is 175 Å². The van der Waals surface area contributed by atoms with Crippen LogP contribution in [0.5, 0.6) is 0 Å². The normalized spacial score (nSPS) is 22.8. The van der Waals surface area contributed by atoms with Crippen molar-refractivity contribution < 1.29 is 29.3 Å². The molecule has 0 radical (unpaired) electrons. The Balaban J connectivity index is 0.000000326. The van der Waals surface area contributed by atoms with Gasteiger partial charge in [0.2, 0.25) is 0 Å². The van der Waals surface area contributed by atoms with Crippen LogP contribution >= 0.6 is 0 Å². The molecule has 4 atom stereocenters. The third kappa shape index (κ3) is 11.8. The number of hydrogen-bond donors (Lipinski definition) is 2. The number of unbranched alkanes of at least 4 members (excludes halogenated alkanes) is 7. The average molecular weight is 411 g/mol. The summed E-state index contributed by atoms with van der Waals surface area (Å²) >= 11 is 0. The van der Waals surface area contributed by atoms with E-state index in [-0.39, 0.29) is 23.7 Å². The second-order valence-electron chi connectivity index (χ2n) is 8.16. The maximum Gasteiger partial charge on any atom is 0.331 e. The van der Waals surface area contributed by atoms with Crippen LogP contribution < -0.4 is 0 Å². The summed E-state index contributed by atoms with van der Waals surface area (Å²) in [6.45, 7) is 11.7. The second-order valence-corrected chi connectivity index (χ2v) is 8.16. The Morgan fingerprint density at radius 3 is 1.86 bits per heavy atom. The molecule has 0 aromatic carbocycles. The van der Waals surface area contributed by atoms with Gasteiger partial charge in [0.05, 0.1) is 24.9 Å². The number of carbonyl (C=O) groups is 2. The van der Waals surface area contributed by atoms with E-state index in [1.165, 1.54) is 44.9 Å². The summed E-state index contributed by atoms with van der Waals surface area (Å²) in [7, 11) is 0. The summed E-state index contributed by atoms with van der Waals surface area (Å²) in [5.41, 5.74) is 0.580. The topological polar surface area (TPSA) is 99.7 Å². The van der Waals surface area contributed by atoms with E-state index in [4.69, 9.17) is 19.7 Å². The number of aliphatic carboxylic acids is 2. The standard InChI is InChI=1S/C15H26O3.C8H12O3/c1-13(15(16)17)10-8-6-4-2-3-5-7-9-11-14-12-18-14;1-4(5(2)8(9)10)7-6(3)11-7/h14H,1-12H2,(H,16,17);4,6-7H,2H2,1,3H3,(H,9,10). The number of hydrogen-bond acceptors (Lipinski definition) is 4. The van der Waals surface area contributed by atoms with Gasteiger partial charge in [0.15, 0.2) is 0 Å². The highest BCUT2D eigenvalue weighted by atomic mass is 16.6. The van der Waals surface area contributed by atoms with Crippen molar-refractivity contribution in [3.05, 3.63) is 24.3 Å². The third-order valence-corrected chi connectivity index (χ3v) is 5.53. The minimum atomic E-state index is -0.930. The Kier molecular flexibility index (Phi) is 11.9. The smallest absolute Gasteiger partial charge is 0.331 e. The largest absolute Gasteiger partial charge is 0.478 e. The average Bonchev–Trinajstić information content (AvgIpc) is 3.60. The van der Waals surface area contributed by atoms with Crippen LogP contribution in [0.15, 0.2) is 24.3 Å². The summed E-state index contributed by atoms with van der Waals surface area (Å²) in [6.07, 6.45) is 12.6. The summed E-state index contributed by atoms with van der Waals surface area (Å²) in [5.74, 6) is -1.85. The fourth-order valence-corrected chi connectivity index (χ4v) is 3.23. The maximum absolute atomic E-state index is 10.5. The van der Waals surface area contributed by atoms with E-state index in [0.29, 0.717) is 18.1 Å². The summed E-state index contributed by atoms with van der Waals surface area (Å²) in [6, 6.07) is 0. The van der Waals surface area contributed by atoms with Gasteiger partial charge in [0.1, 0.15) is 0 Å². The molecule has 2 N–H and O–H groups in total. The van der Waals surface area contributed by atoms with E-state index < -0.39 is 11.9 Å². The van der Waals surface area contributed by atoms with Crippen molar-refractivity contribution in [2.24, 2.45) is 5.92 Å². The molecule has 0 spiro atoms. The molecular formula is C23H38O6. The SMILES string of the molecule is C=C(C(=O)O)C(C)C1OC1C.C=C(CCCCCCCCCCC1CO1)C(=O)O. The lowest BCUT2D eigenvalue weighted by Crippen LogP contribution is -2.14. The molecule has 6 heteroatoms. The van der Waals surface area contributed by atoms with Gasteiger partial charge < -0.3 is 19.7 Å². The van der Waals surface area contributed by atoms with Crippen LogP contribution in [0.4, 0.5) is 0 Å². The molecule has 29 heavy (non-hydrogen) atoms. The molecule has 2 heterocycles. The molecule has 0 amide bonds. The zero-order valence-corrected chi connectivity index (χ0v) is 18.0. The van der Waals surface area contributed by atoms with Crippen LogP contribution in [0, 0.1) is 5.92 Å². The quantitative estimate of drug-likeness (QED) is 0.224. The second kappa shape index (κ2) is 13.5. The van der Waals surface area contributed by atoms with E-state index in [1.54, 1.807) is 0 Å². The van der Waals surface area contributed by atoms with Crippen molar-refractivity contribution >= 4 is 11.9 Å². The first-order valence-electron chi connectivity index (χ1n) is 10.8. The van der Waals surface area contributed by atoms with Crippen molar-refractivity contribution in [1.82, 2.24) is 0 Å². The molecule has 2 saturated heterocycles. The van der Waals surface area contributed by atoms with E-state index >= 15 is 0 Å². The molecular weight excluding hydrogens is 372 g/mol. The lowest BCUT2D eigenvalue weighted by Gasteiger charge is -2.06. The highest BCUT2D eigenvalue weighted by Gasteiger charge is 2.41. The molecule has 4 unspecified atom stereocenters. The third-order valence-electron chi connectivity index (χ3n) is 5.53. The Bertz CT molecular complexity index is 552. The van der Waals surface area contributed by atoms with Crippen LogP contribution in [-0.2, 0) is 19.1 Å². The van der Waals surface area contributed by atoms with E-state index in [1.807, 2.05) is 13.8 Å². The summed E-state index contributed by atoms with van der Waals surface area (Å²) in [5, 5.41) is 17.2. The number of carboxylic acids is 2. The molecule has 0 aromatic rings. The van der Waals surface area contributed by atoms with E-state index in [2.05, 4.69) is 13.2 Å². The van der Waals surface area contributed by atoms with Crippen LogP contribution in [0.25, 0.3) is 0 Å². The van der Waals surface area contributed by atoms with Crippen LogP contribution in [0.1, 0.15) is 78.1 Å². The van der Waals surface area contributed by atoms with Gasteiger partial charge in [0.25, 0.3) is 0 Å². The molecule has 6 nitrogen and oxygen atoms in total. The number of rotatable bonds is 15. The fourth-order valence-electron chi connectivity index (χ4n) is 3.23. The van der Waals surface area contributed by atoms with Gasteiger partial charge >= 0.3 is 11.9 Å². The summed E-state index contributed by atoms with van der Waals surface area (Å²) < 4.78 is 10.3. The van der Waals surface area contributed by atoms with Gasteiger partial charge in [-0.05, 0) is 26.2 Å². The number of carboxylic acid groups (broad SMARTS) is 2. The molecule has 0 aliphatic carbocycles. The number of epoxide rings is 2. The van der Waals surface area contributed by atoms with Crippen molar-refractivity contribution in [3.8, 4) is 0 Å². The highest BCUT2D eigenvalue weighted by Crippen LogP contribution is 2.32. The first kappa shape index (κ1) is 25.4. The molecule has 2 fully saturated rings. The van der Waals surface area contributed by atoms with Crippen LogP contribution in [-0.4, -0.2) is 47.1 Å². The van der Waals surface area contributed by atoms with Crippen molar-refractivity contribution in [2.75, 3.05) is 6.61 Å². The predicted octanol–water partition coefficient (Wildman–Crippen LogP) is 4.98. The fraction of sp³-hybridized carbons (Fsp3) is 0.739. The minimum Gasteiger partial charge on any atom is -0.478 e. The lowest BCUT2D eigenvalue weighted by molar-refractivity contribution is -0.134. The van der Waals surface area contributed by atoms with Gasteiger partial charge in [-0.1, -0.05) is 65.0 Å². The van der Waals surface area contributed by atoms with Gasteiger partial charge in [-0.3, -0.25) is 0 Å². The zero-order valence-electron chi connectivity index (χ0n) is 18.0. The van der Waals surface area contributed by atoms with Crippen molar-refractivity contribution in [3.63, 3.8) is 0 Å². The van der Waals surface area contributed by atoms with Gasteiger partial charge in [-0.25, -0.2) is 9.59 Å². The predicted molar refractivity (Wildman–Crippen MR) is 113 cm³/mol. The Morgan fingerprint density at radius 2 is 1.45 bits per heavy atom. The van der Waals surface area contributed by atoms with Gasteiger partial charge in [-0.15, -0.1) is 0 Å². The first-order valence-corrected chi connectivity index (χ1v) is 10.8. The van der Waals surface area contributed by atoms with Crippen LogP contribution in [0.3, 0.4) is 0 Å². The number of ether oxygens (including phenoxy) is 2. The molecule has 0 bridgehead atoms. The zero-order chi connectivity index (χ0) is 21.8. The molecule has 2 aliphatic rings. The lowest BCUT2D eigenvalue weighted by atomic mass is 9.98. The summed E-state index contributed by atoms with van der Waals surface area (Å²) in [4.78, 5) is 20.9. The van der Waals surface area contributed by atoms with Crippen molar-refractivity contribution in [1.29, 1.82) is 0 Å². The van der Waals surface area contributed by atoms with Crippen LogP contribution in [0.2, 0.25) is 0 Å². The first-order chi connectivity index (χ1) is 13.7. The van der Waals surface area contributed by atoms with Gasteiger partial charge in [0, 0.05) is 17.1 Å². The highest BCUT2D eigenvalue weighted by molar-refractivity contribution is 5.86. The molecule has 166 valence electrons. The van der Waals surface area contributed by atoms with Gasteiger partial charge in [-0.2, -0.15) is 0 Å². The molecule has 0 aromatic heterocycles. The molecule has 2 aliphatic heterocycles. The van der Waals surface area contributed by atoms with E-state index in [9.17, 15) is 9.59 Å². The van der Waals surface area contributed by atoms with Crippen molar-refractivity contribution in [2.45, 2.75) is 96.4 Å². The molecule has 0 saturated carbocycles. The van der Waals surface area contributed by atoms with E-state index in [0.717, 1.165) is 19.4 Å². The Hall–Kier alpha value is -1.66. The minimum absolute atomic E-state index is 0.0671.